The van der Waals surface area contributed by atoms with E-state index in [1.807, 2.05) is 0 Å². The first kappa shape index (κ1) is 13.4. The van der Waals surface area contributed by atoms with Gasteiger partial charge in [-0.1, -0.05) is 0 Å². The van der Waals surface area contributed by atoms with Crippen LogP contribution in [0.4, 0.5) is 14.5 Å². The maximum atomic E-state index is 13.5. The number of carbonyl (C=O) groups excluding carboxylic acids is 1. The van der Waals surface area contributed by atoms with E-state index < -0.39 is 23.2 Å². The van der Waals surface area contributed by atoms with Crippen molar-refractivity contribution in [2.75, 3.05) is 32.2 Å². The summed E-state index contributed by atoms with van der Waals surface area (Å²) in [5, 5.41) is 8.71. The van der Waals surface area contributed by atoms with Crippen molar-refractivity contribution >= 4 is 11.7 Å². The lowest BCUT2D eigenvalue weighted by molar-refractivity contribution is 0.0590. The summed E-state index contributed by atoms with van der Waals surface area (Å²) in [4.78, 5) is 12.6. The smallest absolute Gasteiger partial charge is 0.343 e. The van der Waals surface area contributed by atoms with Crippen molar-refractivity contribution < 1.29 is 23.4 Å². The van der Waals surface area contributed by atoms with E-state index in [-0.39, 0.29) is 18.8 Å². The van der Waals surface area contributed by atoms with Crippen LogP contribution in [0, 0.1) is 11.6 Å². The van der Waals surface area contributed by atoms with Gasteiger partial charge in [0.25, 0.3) is 0 Å². The molecule has 0 aliphatic rings. The molecular weight excluding hydrogens is 232 g/mol. The van der Waals surface area contributed by atoms with Crippen molar-refractivity contribution in [3.8, 4) is 0 Å². The van der Waals surface area contributed by atoms with Crippen molar-refractivity contribution in [2.24, 2.45) is 0 Å². The maximum Gasteiger partial charge on any atom is 0.343 e. The molecule has 6 heteroatoms. The van der Waals surface area contributed by atoms with Crippen LogP contribution in [0.1, 0.15) is 10.4 Å². The van der Waals surface area contributed by atoms with Crippen molar-refractivity contribution in [3.05, 3.63) is 29.3 Å². The number of aliphatic hydroxyl groups excluding tert-OH is 1. The standard InChI is InChI=1S/C11H13F2NO3/c1-14(3-4-15)7-5-8(12)10(9(13)6-7)11(16)17-2/h5-6,15H,3-4H2,1-2H3. The zero-order valence-corrected chi connectivity index (χ0v) is 9.54. The Bertz CT molecular complexity index is 400. The third-order valence-electron chi connectivity index (χ3n) is 2.29. The molecule has 0 aliphatic heterocycles. The molecular formula is C11H13F2NO3. The summed E-state index contributed by atoms with van der Waals surface area (Å²) >= 11 is 0. The number of aliphatic hydroxyl groups is 1. The number of hydrogen-bond donors (Lipinski definition) is 1. The zero-order chi connectivity index (χ0) is 13.0. The number of nitrogens with zero attached hydrogens (tertiary/aromatic N) is 1. The van der Waals surface area contributed by atoms with Crippen LogP contribution in [0.15, 0.2) is 12.1 Å². The Morgan fingerprint density at radius 1 is 1.41 bits per heavy atom. The van der Waals surface area contributed by atoms with Gasteiger partial charge in [-0.05, 0) is 12.1 Å². The minimum atomic E-state index is -1.06. The van der Waals surface area contributed by atoms with Crippen molar-refractivity contribution in [2.45, 2.75) is 0 Å². The summed E-state index contributed by atoms with van der Waals surface area (Å²) in [6.07, 6.45) is 0. The molecule has 1 aromatic rings. The van der Waals surface area contributed by atoms with Gasteiger partial charge < -0.3 is 14.7 Å². The van der Waals surface area contributed by atoms with Crippen LogP contribution in [0.25, 0.3) is 0 Å². The molecule has 0 fully saturated rings. The number of carbonyl (C=O) groups is 1. The summed E-state index contributed by atoms with van der Waals surface area (Å²) in [6.45, 7) is 0.0922. The average molecular weight is 245 g/mol. The van der Waals surface area contributed by atoms with E-state index in [9.17, 15) is 13.6 Å². The van der Waals surface area contributed by atoms with Gasteiger partial charge in [-0.3, -0.25) is 0 Å². The van der Waals surface area contributed by atoms with Crippen LogP contribution in [0.3, 0.4) is 0 Å². The normalized spacial score (nSPS) is 10.2. The van der Waals surface area contributed by atoms with Crippen LogP contribution in [0.5, 0.6) is 0 Å². The molecule has 17 heavy (non-hydrogen) atoms. The highest BCUT2D eigenvalue weighted by molar-refractivity contribution is 5.90. The zero-order valence-electron chi connectivity index (χ0n) is 9.54. The minimum Gasteiger partial charge on any atom is -0.465 e. The third-order valence-corrected chi connectivity index (χ3v) is 2.29. The largest absolute Gasteiger partial charge is 0.465 e. The fraction of sp³-hybridized carbons (Fsp3) is 0.364. The topological polar surface area (TPSA) is 49.8 Å². The molecule has 0 radical (unpaired) electrons. The van der Waals surface area contributed by atoms with E-state index in [1.54, 1.807) is 7.05 Å². The molecule has 0 atom stereocenters. The van der Waals surface area contributed by atoms with Gasteiger partial charge in [-0.25, -0.2) is 13.6 Å². The summed E-state index contributed by atoms with van der Waals surface area (Å²) in [6, 6.07) is 2.04. The summed E-state index contributed by atoms with van der Waals surface area (Å²) in [5.74, 6) is -3.04. The highest BCUT2D eigenvalue weighted by atomic mass is 19.1. The molecule has 0 aliphatic carbocycles. The Morgan fingerprint density at radius 2 is 1.94 bits per heavy atom. The Morgan fingerprint density at radius 3 is 2.35 bits per heavy atom. The number of ether oxygens (including phenoxy) is 1. The van der Waals surface area contributed by atoms with Gasteiger partial charge in [0.15, 0.2) is 0 Å². The molecule has 0 unspecified atom stereocenters. The molecule has 94 valence electrons. The molecule has 4 nitrogen and oxygen atoms in total. The minimum absolute atomic E-state index is 0.140. The van der Waals surface area contributed by atoms with Gasteiger partial charge in [0, 0.05) is 19.3 Å². The summed E-state index contributed by atoms with van der Waals surface area (Å²) < 4.78 is 31.3. The van der Waals surface area contributed by atoms with Crippen LogP contribution < -0.4 is 4.90 Å². The molecule has 0 aromatic heterocycles. The van der Waals surface area contributed by atoms with Crippen molar-refractivity contribution in [1.82, 2.24) is 0 Å². The first-order valence-electron chi connectivity index (χ1n) is 4.90. The second-order valence-corrected chi connectivity index (χ2v) is 3.42. The Kier molecular flexibility index (Phi) is 4.39. The quantitative estimate of drug-likeness (QED) is 0.809. The fourth-order valence-electron chi connectivity index (χ4n) is 1.36. The number of anilines is 1. The van der Waals surface area contributed by atoms with Gasteiger partial charge in [0.2, 0.25) is 0 Å². The third kappa shape index (κ3) is 2.91. The highest BCUT2D eigenvalue weighted by Crippen LogP contribution is 2.21. The molecule has 0 amide bonds. The van der Waals surface area contributed by atoms with Crippen LogP contribution in [0.2, 0.25) is 0 Å². The first-order chi connectivity index (χ1) is 8.01. The number of esters is 1. The first-order valence-corrected chi connectivity index (χ1v) is 4.90. The van der Waals surface area contributed by atoms with Crippen molar-refractivity contribution in [1.29, 1.82) is 0 Å². The SMILES string of the molecule is COC(=O)c1c(F)cc(N(C)CCO)cc1F. The molecule has 1 rings (SSSR count). The Labute approximate surface area is 97.4 Å². The second kappa shape index (κ2) is 5.58. The Balaban J connectivity index is 3.13. The molecule has 0 heterocycles. The Hall–Kier alpha value is -1.69. The van der Waals surface area contributed by atoms with E-state index in [2.05, 4.69) is 4.74 Å². The van der Waals surface area contributed by atoms with E-state index in [0.717, 1.165) is 19.2 Å². The number of likely N-dealkylation sites (N-methyl/N-ethyl adjacent to an activating group) is 1. The van der Waals surface area contributed by atoms with Gasteiger partial charge in [0.1, 0.15) is 17.2 Å². The molecule has 0 saturated carbocycles. The number of rotatable bonds is 4. The second-order valence-electron chi connectivity index (χ2n) is 3.42. The van der Waals surface area contributed by atoms with E-state index in [1.165, 1.54) is 4.90 Å². The van der Waals surface area contributed by atoms with Crippen molar-refractivity contribution in [3.63, 3.8) is 0 Å². The predicted octanol–water partition coefficient (Wildman–Crippen LogP) is 1.18. The van der Waals surface area contributed by atoms with E-state index >= 15 is 0 Å². The van der Waals surface area contributed by atoms with Crippen LogP contribution in [-0.4, -0.2) is 38.4 Å². The summed E-state index contributed by atoms with van der Waals surface area (Å²) in [5.41, 5.74) is -0.477. The van der Waals surface area contributed by atoms with Gasteiger partial charge >= 0.3 is 5.97 Å². The lowest BCUT2D eigenvalue weighted by atomic mass is 10.1. The van der Waals surface area contributed by atoms with Gasteiger partial charge in [-0.2, -0.15) is 0 Å². The average Bonchev–Trinajstić information content (AvgIpc) is 2.28. The lowest BCUT2D eigenvalue weighted by Gasteiger charge is -2.18. The van der Waals surface area contributed by atoms with Crippen LogP contribution in [-0.2, 0) is 4.74 Å². The number of methoxy groups -OCH3 is 1. The molecule has 1 N–H and O–H groups in total. The van der Waals surface area contributed by atoms with E-state index in [0.29, 0.717) is 0 Å². The van der Waals surface area contributed by atoms with E-state index in [4.69, 9.17) is 5.11 Å². The van der Waals surface area contributed by atoms with Gasteiger partial charge in [0.05, 0.1) is 13.7 Å². The number of benzene rings is 1. The highest BCUT2D eigenvalue weighted by Gasteiger charge is 2.20. The fourth-order valence-corrected chi connectivity index (χ4v) is 1.36. The van der Waals surface area contributed by atoms with Crippen LogP contribution >= 0.6 is 0 Å². The summed E-state index contributed by atoms with van der Waals surface area (Å²) in [7, 11) is 2.62. The molecule has 0 spiro atoms. The molecule has 0 bridgehead atoms. The molecule has 0 saturated heterocycles. The monoisotopic (exact) mass is 245 g/mol. The maximum absolute atomic E-state index is 13.5. The number of hydrogen-bond acceptors (Lipinski definition) is 4. The number of halogens is 2. The lowest BCUT2D eigenvalue weighted by Crippen LogP contribution is -2.22. The van der Waals surface area contributed by atoms with Gasteiger partial charge in [-0.15, -0.1) is 0 Å². The predicted molar refractivity (Wildman–Crippen MR) is 58.1 cm³/mol. The molecule has 1 aromatic carbocycles.